The monoisotopic (exact) mass is 195 g/mol. The standard InChI is InChI=1S/C13H25N/c1-10(2)12(4)11(3)9-13-7-5-6-8-14-13/h10,13-14H,5-9H2,1-4H3/b12-11+. The summed E-state index contributed by atoms with van der Waals surface area (Å²) in [6, 6.07) is 0.748. The average Bonchev–Trinajstić information content (AvgIpc) is 2.18. The Morgan fingerprint density at radius 2 is 2.00 bits per heavy atom. The zero-order valence-electron chi connectivity index (χ0n) is 10.2. The van der Waals surface area contributed by atoms with Crippen LogP contribution in [0.1, 0.15) is 53.4 Å². The highest BCUT2D eigenvalue weighted by atomic mass is 14.9. The fourth-order valence-electron chi connectivity index (χ4n) is 2.12. The van der Waals surface area contributed by atoms with Crippen LogP contribution in [0.15, 0.2) is 11.1 Å². The van der Waals surface area contributed by atoms with E-state index >= 15 is 0 Å². The molecule has 1 aliphatic heterocycles. The highest BCUT2D eigenvalue weighted by Gasteiger charge is 2.13. The Morgan fingerprint density at radius 1 is 1.29 bits per heavy atom. The molecule has 0 spiro atoms. The third-order valence-corrected chi connectivity index (χ3v) is 3.50. The summed E-state index contributed by atoms with van der Waals surface area (Å²) in [5.41, 5.74) is 3.18. The highest BCUT2D eigenvalue weighted by Crippen LogP contribution is 2.20. The number of allylic oxidation sites excluding steroid dienone is 1. The summed E-state index contributed by atoms with van der Waals surface area (Å²) < 4.78 is 0. The predicted molar refractivity (Wildman–Crippen MR) is 63.5 cm³/mol. The van der Waals surface area contributed by atoms with E-state index in [-0.39, 0.29) is 0 Å². The molecule has 1 saturated heterocycles. The van der Waals surface area contributed by atoms with Gasteiger partial charge in [0.2, 0.25) is 0 Å². The first kappa shape index (κ1) is 11.8. The average molecular weight is 195 g/mol. The Hall–Kier alpha value is -0.300. The fourth-order valence-corrected chi connectivity index (χ4v) is 2.12. The Balaban J connectivity index is 2.45. The molecule has 1 aliphatic rings. The third-order valence-electron chi connectivity index (χ3n) is 3.50. The predicted octanol–water partition coefficient (Wildman–Crippen LogP) is 3.51. The molecular weight excluding hydrogens is 170 g/mol. The molecule has 1 rings (SSSR count). The lowest BCUT2D eigenvalue weighted by atomic mass is 9.92. The van der Waals surface area contributed by atoms with E-state index in [2.05, 4.69) is 33.0 Å². The van der Waals surface area contributed by atoms with Gasteiger partial charge in [-0.15, -0.1) is 0 Å². The smallest absolute Gasteiger partial charge is 0.0104 e. The van der Waals surface area contributed by atoms with Gasteiger partial charge >= 0.3 is 0 Å². The molecule has 0 aromatic rings. The topological polar surface area (TPSA) is 12.0 Å². The Bertz CT molecular complexity index is 197. The van der Waals surface area contributed by atoms with Gasteiger partial charge < -0.3 is 5.32 Å². The lowest BCUT2D eigenvalue weighted by molar-refractivity contribution is 0.397. The SMILES string of the molecule is C/C(CC1CCCCN1)=C(/C)C(C)C. The highest BCUT2D eigenvalue weighted by molar-refractivity contribution is 5.13. The molecule has 14 heavy (non-hydrogen) atoms. The number of hydrogen-bond acceptors (Lipinski definition) is 1. The molecule has 0 aromatic heterocycles. The summed E-state index contributed by atoms with van der Waals surface area (Å²) in [5.74, 6) is 0.707. The molecular formula is C13H25N. The van der Waals surface area contributed by atoms with Crippen molar-refractivity contribution in [2.75, 3.05) is 6.54 Å². The summed E-state index contributed by atoms with van der Waals surface area (Å²) >= 11 is 0. The second-order valence-electron chi connectivity index (χ2n) is 4.97. The van der Waals surface area contributed by atoms with Crippen molar-refractivity contribution in [1.29, 1.82) is 0 Å². The van der Waals surface area contributed by atoms with E-state index in [0.717, 1.165) is 6.04 Å². The second-order valence-corrected chi connectivity index (χ2v) is 4.97. The summed E-state index contributed by atoms with van der Waals surface area (Å²) in [6.07, 6.45) is 5.39. The minimum absolute atomic E-state index is 0.707. The summed E-state index contributed by atoms with van der Waals surface area (Å²) in [4.78, 5) is 0. The summed E-state index contributed by atoms with van der Waals surface area (Å²) in [5, 5.41) is 3.61. The van der Waals surface area contributed by atoms with Gasteiger partial charge in [-0.25, -0.2) is 0 Å². The molecule has 0 radical (unpaired) electrons. The summed E-state index contributed by atoms with van der Waals surface area (Å²) in [6.45, 7) is 10.4. The van der Waals surface area contributed by atoms with Crippen LogP contribution in [0, 0.1) is 5.92 Å². The Morgan fingerprint density at radius 3 is 2.50 bits per heavy atom. The van der Waals surface area contributed by atoms with Gasteiger partial charge in [0.1, 0.15) is 0 Å². The maximum absolute atomic E-state index is 3.61. The van der Waals surface area contributed by atoms with Crippen molar-refractivity contribution in [2.24, 2.45) is 5.92 Å². The van der Waals surface area contributed by atoms with Crippen LogP contribution in [0.25, 0.3) is 0 Å². The van der Waals surface area contributed by atoms with E-state index < -0.39 is 0 Å². The van der Waals surface area contributed by atoms with Gasteiger partial charge in [-0.2, -0.15) is 0 Å². The van der Waals surface area contributed by atoms with E-state index in [1.807, 2.05) is 0 Å². The van der Waals surface area contributed by atoms with Gasteiger partial charge in [-0.05, 0) is 45.6 Å². The van der Waals surface area contributed by atoms with Crippen LogP contribution in [0.3, 0.4) is 0 Å². The van der Waals surface area contributed by atoms with E-state index in [4.69, 9.17) is 0 Å². The first-order valence-electron chi connectivity index (χ1n) is 6.01. The molecule has 0 bridgehead atoms. The molecule has 1 atom stereocenters. The van der Waals surface area contributed by atoms with Crippen molar-refractivity contribution >= 4 is 0 Å². The van der Waals surface area contributed by atoms with Gasteiger partial charge in [0, 0.05) is 6.04 Å². The normalized spacial score (nSPS) is 25.1. The molecule has 0 amide bonds. The van der Waals surface area contributed by atoms with Crippen LogP contribution < -0.4 is 5.32 Å². The molecule has 0 saturated carbocycles. The van der Waals surface area contributed by atoms with Crippen LogP contribution >= 0.6 is 0 Å². The molecule has 1 unspecified atom stereocenters. The van der Waals surface area contributed by atoms with Crippen molar-refractivity contribution < 1.29 is 0 Å². The Kier molecular flexibility index (Phi) is 4.67. The van der Waals surface area contributed by atoms with Gasteiger partial charge in [0.25, 0.3) is 0 Å². The number of rotatable bonds is 3. The first-order chi connectivity index (χ1) is 6.61. The Labute approximate surface area is 89.0 Å². The van der Waals surface area contributed by atoms with Crippen molar-refractivity contribution in [2.45, 2.75) is 59.4 Å². The zero-order chi connectivity index (χ0) is 10.6. The van der Waals surface area contributed by atoms with Crippen molar-refractivity contribution in [3.8, 4) is 0 Å². The quantitative estimate of drug-likeness (QED) is 0.680. The van der Waals surface area contributed by atoms with Crippen molar-refractivity contribution in [3.05, 3.63) is 11.1 Å². The van der Waals surface area contributed by atoms with E-state index in [1.165, 1.54) is 32.2 Å². The van der Waals surface area contributed by atoms with Crippen molar-refractivity contribution in [1.82, 2.24) is 5.32 Å². The summed E-state index contributed by atoms with van der Waals surface area (Å²) in [7, 11) is 0. The van der Waals surface area contributed by atoms with E-state index in [0.29, 0.717) is 5.92 Å². The maximum Gasteiger partial charge on any atom is 0.0104 e. The maximum atomic E-state index is 3.61. The van der Waals surface area contributed by atoms with Gasteiger partial charge in [0.05, 0.1) is 0 Å². The number of nitrogens with one attached hydrogen (secondary N) is 1. The molecule has 0 aromatic carbocycles. The van der Waals surface area contributed by atoms with Gasteiger partial charge in [-0.1, -0.05) is 31.4 Å². The van der Waals surface area contributed by atoms with E-state index in [9.17, 15) is 0 Å². The third kappa shape index (κ3) is 3.45. The van der Waals surface area contributed by atoms with Crippen LogP contribution in [-0.2, 0) is 0 Å². The van der Waals surface area contributed by atoms with Gasteiger partial charge in [-0.3, -0.25) is 0 Å². The minimum Gasteiger partial charge on any atom is -0.314 e. The lowest BCUT2D eigenvalue weighted by Gasteiger charge is -2.25. The molecule has 1 N–H and O–H groups in total. The first-order valence-corrected chi connectivity index (χ1v) is 6.01. The zero-order valence-corrected chi connectivity index (χ0v) is 10.2. The second kappa shape index (κ2) is 5.55. The van der Waals surface area contributed by atoms with Crippen molar-refractivity contribution in [3.63, 3.8) is 0 Å². The van der Waals surface area contributed by atoms with E-state index in [1.54, 1.807) is 11.1 Å². The minimum atomic E-state index is 0.707. The molecule has 1 nitrogen and oxygen atoms in total. The lowest BCUT2D eigenvalue weighted by Crippen LogP contribution is -2.34. The molecule has 0 aliphatic carbocycles. The van der Waals surface area contributed by atoms with Crippen LogP contribution in [-0.4, -0.2) is 12.6 Å². The molecule has 82 valence electrons. The molecule has 1 heterocycles. The molecule has 1 fully saturated rings. The van der Waals surface area contributed by atoms with Crippen LogP contribution in [0.4, 0.5) is 0 Å². The largest absolute Gasteiger partial charge is 0.314 e. The van der Waals surface area contributed by atoms with Crippen LogP contribution in [0.5, 0.6) is 0 Å². The number of hydrogen-bond donors (Lipinski definition) is 1. The molecule has 1 heteroatoms. The van der Waals surface area contributed by atoms with Crippen LogP contribution in [0.2, 0.25) is 0 Å². The van der Waals surface area contributed by atoms with Gasteiger partial charge in [0.15, 0.2) is 0 Å². The number of piperidine rings is 1. The fraction of sp³-hybridized carbons (Fsp3) is 0.846.